The molecule has 1 aromatic rings. The maximum Gasteiger partial charge on any atom is 0.408 e. The number of nitrogens with one attached hydrogen (secondary N) is 1. The van der Waals surface area contributed by atoms with Crippen molar-refractivity contribution in [3.63, 3.8) is 0 Å². The molecule has 0 saturated carbocycles. The number of alkyl carbamates (subject to hydrolysis) is 1. The van der Waals surface area contributed by atoms with E-state index < -0.39 is 23.7 Å². The molecule has 116 valence electrons. The summed E-state index contributed by atoms with van der Waals surface area (Å²) in [4.78, 5) is 26.5. The van der Waals surface area contributed by atoms with Gasteiger partial charge < -0.3 is 25.6 Å². The molecule has 0 bridgehead atoms. The molecule has 0 aliphatic rings. The Morgan fingerprint density at radius 1 is 1.48 bits per heavy atom. The monoisotopic (exact) mass is 297 g/mol. The highest BCUT2D eigenvalue weighted by atomic mass is 16.6. The Morgan fingerprint density at radius 2 is 2.14 bits per heavy atom. The highest BCUT2D eigenvalue weighted by Gasteiger charge is 2.24. The number of ether oxygens (including phenoxy) is 2. The average molecular weight is 297 g/mol. The second-order valence-electron chi connectivity index (χ2n) is 5.25. The molecule has 0 aromatic carbocycles. The van der Waals surface area contributed by atoms with Gasteiger partial charge in [-0.15, -0.1) is 0 Å². The van der Waals surface area contributed by atoms with Gasteiger partial charge in [-0.05, 0) is 32.9 Å². The van der Waals surface area contributed by atoms with Gasteiger partial charge in [0.15, 0.2) is 6.04 Å². The summed E-state index contributed by atoms with van der Waals surface area (Å²) in [5.74, 6) is -1.15. The fourth-order valence-corrected chi connectivity index (χ4v) is 1.31. The first-order chi connectivity index (χ1) is 9.69. The van der Waals surface area contributed by atoms with Gasteiger partial charge in [-0.3, -0.25) is 0 Å². The molecular weight excluding hydrogens is 278 g/mol. The number of rotatable bonds is 5. The molecule has 1 amide bonds. The van der Waals surface area contributed by atoms with E-state index in [-0.39, 0.29) is 18.2 Å². The number of hydrogen-bond donors (Lipinski definition) is 3. The normalized spacial score (nSPS) is 12.3. The molecule has 8 nitrogen and oxygen atoms in total. The number of pyridine rings is 1. The number of nitrogens with zero attached hydrogens (tertiary/aromatic N) is 1. The van der Waals surface area contributed by atoms with Crippen molar-refractivity contribution in [1.29, 1.82) is 0 Å². The first-order valence-corrected chi connectivity index (χ1v) is 6.24. The fourth-order valence-electron chi connectivity index (χ4n) is 1.31. The van der Waals surface area contributed by atoms with Gasteiger partial charge in [0.25, 0.3) is 0 Å². The first-order valence-electron chi connectivity index (χ1n) is 6.24. The molecule has 21 heavy (non-hydrogen) atoms. The van der Waals surface area contributed by atoms with Gasteiger partial charge in [0.05, 0.1) is 5.69 Å². The third kappa shape index (κ3) is 5.98. The summed E-state index contributed by atoms with van der Waals surface area (Å²) >= 11 is 0. The second kappa shape index (κ2) is 6.78. The Hall–Kier alpha value is -2.51. The van der Waals surface area contributed by atoms with Crippen LogP contribution in [0.1, 0.15) is 20.8 Å². The summed E-state index contributed by atoms with van der Waals surface area (Å²) in [5, 5.41) is 11.3. The number of anilines is 1. The Balaban J connectivity index is 2.61. The van der Waals surface area contributed by atoms with Crippen molar-refractivity contribution < 1.29 is 24.2 Å². The lowest BCUT2D eigenvalue weighted by Crippen LogP contribution is -2.46. The zero-order valence-corrected chi connectivity index (χ0v) is 12.1. The van der Waals surface area contributed by atoms with Gasteiger partial charge in [-0.25, -0.2) is 14.6 Å². The Labute approximate surface area is 122 Å². The quantitative estimate of drug-likeness (QED) is 0.741. The molecule has 1 heterocycles. The van der Waals surface area contributed by atoms with Crippen LogP contribution >= 0.6 is 0 Å². The van der Waals surface area contributed by atoms with Crippen LogP contribution in [-0.2, 0) is 9.53 Å². The van der Waals surface area contributed by atoms with E-state index in [2.05, 4.69) is 10.3 Å². The van der Waals surface area contributed by atoms with Crippen molar-refractivity contribution in [2.24, 2.45) is 0 Å². The van der Waals surface area contributed by atoms with E-state index in [9.17, 15) is 9.59 Å². The fraction of sp³-hybridized carbons (Fsp3) is 0.462. The molecule has 0 radical (unpaired) electrons. The topological polar surface area (TPSA) is 124 Å². The number of carbonyl (C=O) groups excluding carboxylic acids is 1. The molecule has 0 unspecified atom stereocenters. The number of aliphatic carboxylic acids is 1. The summed E-state index contributed by atoms with van der Waals surface area (Å²) in [5.41, 5.74) is 5.17. The zero-order valence-electron chi connectivity index (χ0n) is 12.1. The molecule has 1 rings (SSSR count). The maximum absolute atomic E-state index is 11.6. The highest BCUT2D eigenvalue weighted by Crippen LogP contribution is 2.16. The van der Waals surface area contributed by atoms with Crippen LogP contribution in [0.25, 0.3) is 0 Å². The van der Waals surface area contributed by atoms with Crippen LogP contribution in [0.2, 0.25) is 0 Å². The number of aromatic nitrogens is 1. The smallest absolute Gasteiger partial charge is 0.408 e. The number of nitrogens with two attached hydrogens (primary N) is 1. The van der Waals surface area contributed by atoms with E-state index in [0.29, 0.717) is 0 Å². The largest absolute Gasteiger partial charge is 0.480 e. The molecule has 1 aromatic heterocycles. The Kier molecular flexibility index (Phi) is 5.34. The second-order valence-corrected chi connectivity index (χ2v) is 5.25. The van der Waals surface area contributed by atoms with Gasteiger partial charge in [0.1, 0.15) is 12.2 Å². The predicted octanol–water partition coefficient (Wildman–Crippen LogP) is 1.02. The maximum atomic E-state index is 11.6. The van der Waals surface area contributed by atoms with Gasteiger partial charge in [-0.2, -0.15) is 0 Å². The van der Waals surface area contributed by atoms with Crippen LogP contribution in [0.5, 0.6) is 5.88 Å². The molecular formula is C13H19N3O5. The number of carboxylic acid groups (broad SMARTS) is 1. The Morgan fingerprint density at radius 3 is 2.67 bits per heavy atom. The minimum atomic E-state index is -1.28. The molecule has 0 aliphatic carbocycles. The molecule has 4 N–H and O–H groups in total. The van der Waals surface area contributed by atoms with Crippen LogP contribution in [0.15, 0.2) is 18.3 Å². The zero-order chi connectivity index (χ0) is 16.0. The van der Waals surface area contributed by atoms with Crippen molar-refractivity contribution in [3.8, 4) is 5.88 Å². The number of nitrogen functional groups attached to an aromatic ring is 1. The van der Waals surface area contributed by atoms with Gasteiger partial charge in [-0.1, -0.05) is 0 Å². The summed E-state index contributed by atoms with van der Waals surface area (Å²) in [6.07, 6.45) is 0.621. The summed E-state index contributed by atoms with van der Waals surface area (Å²) in [6.45, 7) is 4.70. The van der Waals surface area contributed by atoms with Crippen molar-refractivity contribution in [2.45, 2.75) is 32.4 Å². The number of hydrogen-bond acceptors (Lipinski definition) is 6. The van der Waals surface area contributed by atoms with E-state index in [4.69, 9.17) is 20.3 Å². The van der Waals surface area contributed by atoms with E-state index in [0.717, 1.165) is 0 Å². The lowest BCUT2D eigenvalue weighted by molar-refractivity contribution is -0.140. The molecule has 8 heteroatoms. The molecule has 0 fully saturated rings. The third-order valence-electron chi connectivity index (χ3n) is 2.18. The third-order valence-corrected chi connectivity index (χ3v) is 2.18. The molecule has 0 saturated heterocycles. The van der Waals surface area contributed by atoms with Gasteiger partial charge in [0, 0.05) is 6.20 Å². The van der Waals surface area contributed by atoms with E-state index in [1.165, 1.54) is 6.20 Å². The minimum Gasteiger partial charge on any atom is -0.480 e. The Bertz CT molecular complexity index is 513. The number of amides is 1. The van der Waals surface area contributed by atoms with Gasteiger partial charge in [0.2, 0.25) is 5.88 Å². The van der Waals surface area contributed by atoms with E-state index >= 15 is 0 Å². The number of carbonyl (C=O) groups is 2. The molecule has 0 spiro atoms. The van der Waals surface area contributed by atoms with Crippen LogP contribution in [0.4, 0.5) is 10.5 Å². The average Bonchev–Trinajstić information content (AvgIpc) is 2.33. The van der Waals surface area contributed by atoms with Crippen molar-refractivity contribution >= 4 is 17.7 Å². The highest BCUT2D eigenvalue weighted by molar-refractivity contribution is 5.80. The molecule has 0 aliphatic heterocycles. The van der Waals surface area contributed by atoms with Crippen LogP contribution in [-0.4, -0.2) is 40.4 Å². The van der Waals surface area contributed by atoms with E-state index in [1.807, 2.05) is 0 Å². The van der Waals surface area contributed by atoms with Crippen molar-refractivity contribution in [2.75, 3.05) is 12.3 Å². The van der Waals surface area contributed by atoms with Crippen LogP contribution in [0, 0.1) is 0 Å². The lowest BCUT2D eigenvalue weighted by atomic mass is 10.2. The minimum absolute atomic E-state index is 0.106. The van der Waals surface area contributed by atoms with Crippen molar-refractivity contribution in [3.05, 3.63) is 18.3 Å². The van der Waals surface area contributed by atoms with Gasteiger partial charge >= 0.3 is 12.1 Å². The summed E-state index contributed by atoms with van der Waals surface area (Å²) < 4.78 is 10.2. The van der Waals surface area contributed by atoms with Crippen LogP contribution < -0.4 is 15.8 Å². The van der Waals surface area contributed by atoms with Crippen molar-refractivity contribution in [1.82, 2.24) is 10.3 Å². The molecule has 1 atom stereocenters. The standard InChI is InChI=1S/C13H19N3O5/c1-13(2,3)21-12(19)16-9(11(17)18)7-20-10-8(14)5-4-6-15-10/h4-6,9H,7,14H2,1-3H3,(H,16,19)(H,17,18)/t9-/m0/s1. The predicted molar refractivity (Wildman–Crippen MR) is 74.9 cm³/mol. The first kappa shape index (κ1) is 16.5. The number of carboxylic acids is 1. The lowest BCUT2D eigenvalue weighted by Gasteiger charge is -2.22. The SMILES string of the molecule is CC(C)(C)OC(=O)N[C@@H](COc1ncccc1N)C(=O)O. The van der Waals surface area contributed by atoms with E-state index in [1.54, 1.807) is 32.9 Å². The summed E-state index contributed by atoms with van der Waals surface area (Å²) in [7, 11) is 0. The van der Waals surface area contributed by atoms with Crippen LogP contribution in [0.3, 0.4) is 0 Å². The summed E-state index contributed by atoms with van der Waals surface area (Å²) in [6, 6.07) is 1.91.